The van der Waals surface area contributed by atoms with E-state index in [0.717, 1.165) is 12.8 Å². The highest BCUT2D eigenvalue weighted by molar-refractivity contribution is 5.76. The number of allylic oxidation sites excluding steroid dienone is 4. The SMILES string of the molecule is CN(c1ccc(C2=CCCC=C2)cc1)c1ccc(-c2ccccc2)cc1. The van der Waals surface area contributed by atoms with E-state index in [1.807, 2.05) is 0 Å². The van der Waals surface area contributed by atoms with E-state index >= 15 is 0 Å². The van der Waals surface area contributed by atoms with Crippen LogP contribution in [0.25, 0.3) is 16.7 Å². The van der Waals surface area contributed by atoms with Crippen molar-refractivity contribution in [1.29, 1.82) is 0 Å². The molecule has 0 aromatic heterocycles. The fourth-order valence-electron chi connectivity index (χ4n) is 3.36. The van der Waals surface area contributed by atoms with Crippen molar-refractivity contribution in [3.8, 4) is 11.1 Å². The van der Waals surface area contributed by atoms with Crippen LogP contribution in [0.5, 0.6) is 0 Å². The average molecular weight is 337 g/mol. The molecule has 1 nitrogen and oxygen atoms in total. The predicted molar refractivity (Wildman–Crippen MR) is 113 cm³/mol. The molecule has 1 aliphatic rings. The van der Waals surface area contributed by atoms with Crippen LogP contribution in [0, 0.1) is 0 Å². The van der Waals surface area contributed by atoms with Crippen molar-refractivity contribution in [3.05, 3.63) is 103 Å². The van der Waals surface area contributed by atoms with Crippen LogP contribution in [0.4, 0.5) is 11.4 Å². The topological polar surface area (TPSA) is 3.24 Å². The van der Waals surface area contributed by atoms with Gasteiger partial charge in [0.15, 0.2) is 0 Å². The van der Waals surface area contributed by atoms with Gasteiger partial charge in [-0.1, -0.05) is 72.8 Å². The number of nitrogens with zero attached hydrogens (tertiary/aromatic N) is 1. The molecule has 0 aliphatic heterocycles. The summed E-state index contributed by atoms with van der Waals surface area (Å²) >= 11 is 0. The Hall–Kier alpha value is -3.06. The average Bonchev–Trinajstić information content (AvgIpc) is 2.75. The molecule has 0 saturated carbocycles. The van der Waals surface area contributed by atoms with Crippen LogP contribution in [0.15, 0.2) is 97.1 Å². The number of anilines is 2. The third-order valence-electron chi connectivity index (χ3n) is 4.94. The number of benzene rings is 3. The molecule has 26 heavy (non-hydrogen) atoms. The van der Waals surface area contributed by atoms with Gasteiger partial charge in [0, 0.05) is 18.4 Å². The molecule has 128 valence electrons. The summed E-state index contributed by atoms with van der Waals surface area (Å²) in [4.78, 5) is 2.23. The molecule has 1 aliphatic carbocycles. The Morgan fingerprint density at radius 2 is 1.19 bits per heavy atom. The summed E-state index contributed by atoms with van der Waals surface area (Å²) in [6.45, 7) is 0. The molecule has 0 atom stereocenters. The van der Waals surface area contributed by atoms with Crippen LogP contribution in [0.1, 0.15) is 18.4 Å². The summed E-state index contributed by atoms with van der Waals surface area (Å²) in [6.07, 6.45) is 9.10. The molecular weight excluding hydrogens is 314 g/mol. The van der Waals surface area contributed by atoms with E-state index < -0.39 is 0 Å². The van der Waals surface area contributed by atoms with Crippen molar-refractivity contribution in [1.82, 2.24) is 0 Å². The summed E-state index contributed by atoms with van der Waals surface area (Å²) in [5, 5.41) is 0. The third kappa shape index (κ3) is 3.48. The molecule has 4 rings (SSSR count). The molecule has 0 unspecified atom stereocenters. The standard InChI is InChI=1S/C25H23N/c1-26(24-16-12-22(13-17-24)20-8-4-2-5-9-20)25-18-14-23(15-19-25)21-10-6-3-7-11-21/h2,4-6,8-19H,3,7H2,1H3. The van der Waals surface area contributed by atoms with Crippen molar-refractivity contribution in [2.24, 2.45) is 0 Å². The molecule has 0 heterocycles. The highest BCUT2D eigenvalue weighted by Crippen LogP contribution is 2.29. The lowest BCUT2D eigenvalue weighted by Crippen LogP contribution is -2.09. The second-order valence-corrected chi connectivity index (χ2v) is 6.66. The number of hydrogen-bond donors (Lipinski definition) is 0. The zero-order valence-electron chi connectivity index (χ0n) is 15.1. The number of rotatable bonds is 4. The van der Waals surface area contributed by atoms with Crippen LogP contribution in [-0.4, -0.2) is 7.05 Å². The van der Waals surface area contributed by atoms with E-state index in [-0.39, 0.29) is 0 Å². The minimum absolute atomic E-state index is 1.14. The van der Waals surface area contributed by atoms with Crippen LogP contribution >= 0.6 is 0 Å². The first kappa shape index (κ1) is 16.4. The van der Waals surface area contributed by atoms with E-state index in [0.29, 0.717) is 0 Å². The van der Waals surface area contributed by atoms with Crippen molar-refractivity contribution < 1.29 is 0 Å². The largest absolute Gasteiger partial charge is 0.345 e. The molecule has 0 bridgehead atoms. The van der Waals surface area contributed by atoms with Crippen LogP contribution < -0.4 is 4.90 Å². The second kappa shape index (κ2) is 7.45. The van der Waals surface area contributed by atoms with Gasteiger partial charge in [-0.15, -0.1) is 0 Å². The highest BCUT2D eigenvalue weighted by atomic mass is 15.1. The third-order valence-corrected chi connectivity index (χ3v) is 4.94. The van der Waals surface area contributed by atoms with E-state index in [2.05, 4.69) is 109 Å². The molecule has 1 heteroatoms. The maximum absolute atomic E-state index is 2.32. The molecule has 0 radical (unpaired) electrons. The molecule has 0 saturated heterocycles. The van der Waals surface area contributed by atoms with Crippen molar-refractivity contribution in [2.75, 3.05) is 11.9 Å². The van der Waals surface area contributed by atoms with Gasteiger partial charge in [0.1, 0.15) is 0 Å². The van der Waals surface area contributed by atoms with Crippen molar-refractivity contribution in [3.63, 3.8) is 0 Å². The van der Waals surface area contributed by atoms with Crippen LogP contribution in [-0.2, 0) is 0 Å². The maximum atomic E-state index is 2.32. The minimum Gasteiger partial charge on any atom is -0.345 e. The first-order chi connectivity index (χ1) is 12.8. The summed E-state index contributed by atoms with van der Waals surface area (Å²) < 4.78 is 0. The van der Waals surface area contributed by atoms with Crippen LogP contribution in [0.2, 0.25) is 0 Å². The Balaban J connectivity index is 1.53. The zero-order chi connectivity index (χ0) is 17.8. The lowest BCUT2D eigenvalue weighted by atomic mass is 9.99. The first-order valence-electron chi connectivity index (χ1n) is 9.18. The van der Waals surface area contributed by atoms with Gasteiger partial charge < -0.3 is 4.90 Å². The molecule has 0 amide bonds. The summed E-state index contributed by atoms with van der Waals surface area (Å²) in [7, 11) is 2.12. The van der Waals surface area contributed by atoms with E-state index in [9.17, 15) is 0 Å². The summed E-state index contributed by atoms with van der Waals surface area (Å²) in [5.74, 6) is 0. The Morgan fingerprint density at radius 1 is 0.615 bits per heavy atom. The fourth-order valence-corrected chi connectivity index (χ4v) is 3.36. The Kier molecular flexibility index (Phi) is 4.70. The Bertz CT molecular complexity index is 916. The normalized spacial score (nSPS) is 13.3. The summed E-state index contributed by atoms with van der Waals surface area (Å²) in [6, 6.07) is 28.1. The van der Waals surface area contributed by atoms with Crippen molar-refractivity contribution in [2.45, 2.75) is 12.8 Å². The van der Waals surface area contributed by atoms with Gasteiger partial charge in [0.05, 0.1) is 0 Å². The van der Waals surface area contributed by atoms with E-state index in [1.54, 1.807) is 0 Å². The van der Waals surface area contributed by atoms with E-state index in [4.69, 9.17) is 0 Å². The molecule has 0 fully saturated rings. The first-order valence-corrected chi connectivity index (χ1v) is 9.18. The highest BCUT2D eigenvalue weighted by Gasteiger charge is 2.06. The van der Waals surface area contributed by atoms with Crippen LogP contribution in [0.3, 0.4) is 0 Å². The molecule has 3 aromatic carbocycles. The van der Waals surface area contributed by atoms with Gasteiger partial charge in [-0.05, 0) is 59.4 Å². The smallest absolute Gasteiger partial charge is 0.0408 e. The van der Waals surface area contributed by atoms with Gasteiger partial charge in [0.2, 0.25) is 0 Å². The molecule has 0 spiro atoms. The van der Waals surface area contributed by atoms with Gasteiger partial charge in [-0.3, -0.25) is 0 Å². The van der Waals surface area contributed by atoms with Gasteiger partial charge in [0.25, 0.3) is 0 Å². The molecule has 3 aromatic rings. The molecular formula is C25H23N. The zero-order valence-corrected chi connectivity index (χ0v) is 15.1. The second-order valence-electron chi connectivity index (χ2n) is 6.66. The quantitative estimate of drug-likeness (QED) is 0.503. The monoisotopic (exact) mass is 337 g/mol. The van der Waals surface area contributed by atoms with Gasteiger partial charge >= 0.3 is 0 Å². The predicted octanol–water partition coefficient (Wildman–Crippen LogP) is 6.85. The summed E-state index contributed by atoms with van der Waals surface area (Å²) in [5.41, 5.74) is 7.50. The Labute approximate surface area is 155 Å². The fraction of sp³-hybridized carbons (Fsp3) is 0.120. The lowest BCUT2D eigenvalue weighted by molar-refractivity contribution is 1.04. The lowest BCUT2D eigenvalue weighted by Gasteiger charge is -2.20. The maximum Gasteiger partial charge on any atom is 0.0408 e. The minimum atomic E-state index is 1.14. The van der Waals surface area contributed by atoms with Crippen molar-refractivity contribution >= 4 is 16.9 Å². The van der Waals surface area contributed by atoms with Gasteiger partial charge in [-0.2, -0.15) is 0 Å². The molecule has 0 N–H and O–H groups in total. The number of hydrogen-bond acceptors (Lipinski definition) is 1. The van der Waals surface area contributed by atoms with Gasteiger partial charge in [-0.25, -0.2) is 0 Å². The Morgan fingerprint density at radius 3 is 1.77 bits per heavy atom. The van der Waals surface area contributed by atoms with E-state index in [1.165, 1.54) is 33.6 Å².